The van der Waals surface area contributed by atoms with Crippen LogP contribution in [0.2, 0.25) is 5.02 Å². The number of halogens is 1. The molecule has 0 saturated heterocycles. The Morgan fingerprint density at radius 1 is 1.16 bits per heavy atom. The lowest BCUT2D eigenvalue weighted by molar-refractivity contribution is -0.00119. The van der Waals surface area contributed by atoms with Gasteiger partial charge in [-0.15, -0.1) is 0 Å². The average Bonchev–Trinajstić information content (AvgIpc) is 3.22. The number of methoxy groups -OCH3 is 2. The Morgan fingerprint density at radius 3 is 2.61 bits per heavy atom. The van der Waals surface area contributed by atoms with Crippen LogP contribution in [-0.2, 0) is 17.9 Å². The number of benzene rings is 2. The van der Waals surface area contributed by atoms with E-state index in [0.29, 0.717) is 35.4 Å². The molecule has 2 aromatic carbocycles. The van der Waals surface area contributed by atoms with Gasteiger partial charge in [0.05, 0.1) is 39.1 Å². The van der Waals surface area contributed by atoms with E-state index in [0.717, 1.165) is 16.8 Å². The molecule has 1 aromatic heterocycles. The van der Waals surface area contributed by atoms with Crippen LogP contribution in [0.25, 0.3) is 0 Å². The number of aromatic nitrogens is 2. The van der Waals surface area contributed by atoms with Crippen molar-refractivity contribution >= 4 is 17.5 Å². The van der Waals surface area contributed by atoms with Crippen molar-refractivity contribution in [3.8, 4) is 11.5 Å². The first-order valence-corrected chi connectivity index (χ1v) is 10.3. The van der Waals surface area contributed by atoms with Crippen LogP contribution in [0.3, 0.4) is 0 Å². The fourth-order valence-electron chi connectivity index (χ4n) is 3.59. The lowest BCUT2D eigenvalue weighted by atomic mass is 10.1. The number of nitrogens with zero attached hydrogens (tertiary/aromatic N) is 2. The minimum atomic E-state index is -0.243. The van der Waals surface area contributed by atoms with Gasteiger partial charge in [-0.1, -0.05) is 29.8 Å². The Labute approximate surface area is 185 Å². The second-order valence-electron chi connectivity index (χ2n) is 7.36. The molecule has 162 valence electrons. The summed E-state index contributed by atoms with van der Waals surface area (Å²) in [5.74, 6) is 1.01. The first-order valence-electron chi connectivity index (χ1n) is 9.95. The molecule has 31 heavy (non-hydrogen) atoms. The van der Waals surface area contributed by atoms with E-state index in [2.05, 4.69) is 10.4 Å². The zero-order chi connectivity index (χ0) is 22.0. The maximum Gasteiger partial charge on any atom is 0.272 e. The van der Waals surface area contributed by atoms with Gasteiger partial charge in [0.15, 0.2) is 17.2 Å². The van der Waals surface area contributed by atoms with Gasteiger partial charge in [-0.3, -0.25) is 9.48 Å². The molecule has 8 heteroatoms. The maximum absolute atomic E-state index is 12.8. The molecule has 1 aliphatic heterocycles. The highest BCUT2D eigenvalue weighted by molar-refractivity contribution is 6.30. The van der Waals surface area contributed by atoms with Crippen molar-refractivity contribution in [2.24, 2.45) is 0 Å². The second-order valence-corrected chi connectivity index (χ2v) is 7.80. The number of fused-ring (bicyclic) bond motifs is 1. The van der Waals surface area contributed by atoms with Gasteiger partial charge in [-0.05, 0) is 48.4 Å². The van der Waals surface area contributed by atoms with Crippen molar-refractivity contribution in [2.45, 2.75) is 32.2 Å². The van der Waals surface area contributed by atoms with Crippen molar-refractivity contribution in [3.05, 3.63) is 76.1 Å². The Morgan fingerprint density at radius 2 is 1.90 bits per heavy atom. The van der Waals surface area contributed by atoms with E-state index in [-0.39, 0.29) is 18.1 Å². The molecule has 0 fully saturated rings. The van der Waals surface area contributed by atoms with Crippen LogP contribution in [-0.4, -0.2) is 29.9 Å². The summed E-state index contributed by atoms with van der Waals surface area (Å²) in [5, 5.41) is 8.18. The largest absolute Gasteiger partial charge is 0.493 e. The van der Waals surface area contributed by atoms with Gasteiger partial charge < -0.3 is 19.5 Å². The maximum atomic E-state index is 12.8. The summed E-state index contributed by atoms with van der Waals surface area (Å²) in [6, 6.07) is 14.7. The molecule has 0 radical (unpaired) electrons. The van der Waals surface area contributed by atoms with Crippen molar-refractivity contribution in [1.29, 1.82) is 0 Å². The summed E-state index contributed by atoms with van der Waals surface area (Å²) >= 11 is 5.97. The number of amides is 1. The minimum Gasteiger partial charge on any atom is -0.493 e. The molecule has 1 aliphatic rings. The van der Waals surface area contributed by atoms with Gasteiger partial charge in [0, 0.05) is 5.02 Å². The Kier molecular flexibility index (Phi) is 6.15. The van der Waals surface area contributed by atoms with Gasteiger partial charge in [-0.25, -0.2) is 0 Å². The van der Waals surface area contributed by atoms with Crippen LogP contribution in [0.5, 0.6) is 11.5 Å². The molecular formula is C23H24ClN3O4. The van der Waals surface area contributed by atoms with Crippen LogP contribution in [0.4, 0.5) is 0 Å². The molecule has 1 N–H and O–H groups in total. The van der Waals surface area contributed by atoms with Gasteiger partial charge >= 0.3 is 0 Å². The molecule has 0 bridgehead atoms. The summed E-state index contributed by atoms with van der Waals surface area (Å²) in [7, 11) is 3.17. The summed E-state index contributed by atoms with van der Waals surface area (Å²) in [6.07, 6.45) is -0.133. The molecule has 3 aromatic rings. The van der Waals surface area contributed by atoms with Crippen LogP contribution < -0.4 is 14.8 Å². The van der Waals surface area contributed by atoms with Gasteiger partial charge in [0.1, 0.15) is 6.10 Å². The molecule has 1 amide bonds. The van der Waals surface area contributed by atoms with Crippen molar-refractivity contribution in [3.63, 3.8) is 0 Å². The van der Waals surface area contributed by atoms with Crippen molar-refractivity contribution < 1.29 is 19.0 Å². The molecule has 4 rings (SSSR count). The SMILES string of the molecule is COc1ccc([C@H](C)NC(=O)c2cc3n(n2)C[C@@H](c2ccc(Cl)cc2)OC3)cc1OC. The van der Waals surface area contributed by atoms with Gasteiger partial charge in [0.25, 0.3) is 5.91 Å². The fourth-order valence-corrected chi connectivity index (χ4v) is 3.72. The van der Waals surface area contributed by atoms with Crippen molar-refractivity contribution in [1.82, 2.24) is 15.1 Å². The zero-order valence-corrected chi connectivity index (χ0v) is 18.3. The summed E-state index contributed by atoms with van der Waals surface area (Å²) in [5.41, 5.74) is 3.16. The highest BCUT2D eigenvalue weighted by Crippen LogP contribution is 2.30. The smallest absolute Gasteiger partial charge is 0.272 e. The van der Waals surface area contributed by atoms with Gasteiger partial charge in [-0.2, -0.15) is 5.10 Å². The quantitative estimate of drug-likeness (QED) is 0.616. The standard InChI is InChI=1S/C23H24ClN3O4/c1-14(16-6-9-20(29-2)21(10-16)30-3)25-23(28)19-11-18-13-31-22(12-27(18)26-19)15-4-7-17(24)8-5-15/h4-11,14,22H,12-13H2,1-3H3,(H,25,28)/t14-,22-/m0/s1. The van der Waals surface area contributed by atoms with E-state index in [1.54, 1.807) is 20.3 Å². The first-order chi connectivity index (χ1) is 15.0. The summed E-state index contributed by atoms with van der Waals surface area (Å²) in [6.45, 7) is 2.84. The average molecular weight is 442 g/mol. The Bertz CT molecular complexity index is 1080. The number of ether oxygens (including phenoxy) is 3. The lowest BCUT2D eigenvalue weighted by Crippen LogP contribution is -2.27. The number of carbonyl (C=O) groups excluding carboxylic acids is 1. The zero-order valence-electron chi connectivity index (χ0n) is 17.6. The summed E-state index contributed by atoms with van der Waals surface area (Å²) < 4.78 is 18.4. The van der Waals surface area contributed by atoms with Crippen LogP contribution in [0.15, 0.2) is 48.5 Å². The topological polar surface area (TPSA) is 74.6 Å². The van der Waals surface area contributed by atoms with Gasteiger partial charge in [0.2, 0.25) is 0 Å². The molecule has 7 nitrogen and oxygen atoms in total. The van der Waals surface area contributed by atoms with E-state index in [1.807, 2.05) is 54.1 Å². The third kappa shape index (κ3) is 4.52. The van der Waals surface area contributed by atoms with E-state index in [4.69, 9.17) is 25.8 Å². The number of carbonyl (C=O) groups is 1. The van der Waals surface area contributed by atoms with Crippen LogP contribution >= 0.6 is 11.6 Å². The molecular weight excluding hydrogens is 418 g/mol. The third-order valence-corrected chi connectivity index (χ3v) is 5.62. The summed E-state index contributed by atoms with van der Waals surface area (Å²) in [4.78, 5) is 12.8. The predicted octanol–water partition coefficient (Wildman–Crippen LogP) is 4.32. The molecule has 0 spiro atoms. The molecule has 0 aliphatic carbocycles. The predicted molar refractivity (Wildman–Crippen MR) is 117 cm³/mol. The van der Waals surface area contributed by atoms with Crippen LogP contribution in [0.1, 0.15) is 46.4 Å². The van der Waals surface area contributed by atoms with Crippen LogP contribution in [0, 0.1) is 0 Å². The highest BCUT2D eigenvalue weighted by Gasteiger charge is 2.25. The number of nitrogens with one attached hydrogen (secondary N) is 1. The van der Waals surface area contributed by atoms with E-state index < -0.39 is 0 Å². The second kappa shape index (κ2) is 8.99. The lowest BCUT2D eigenvalue weighted by Gasteiger charge is -2.24. The Balaban J connectivity index is 1.45. The normalized spacial score (nSPS) is 16.3. The fraction of sp³-hybridized carbons (Fsp3) is 0.304. The van der Waals surface area contributed by atoms with E-state index in [9.17, 15) is 4.79 Å². The van der Waals surface area contributed by atoms with E-state index >= 15 is 0 Å². The Hall–Kier alpha value is -3.03. The van der Waals surface area contributed by atoms with Crippen molar-refractivity contribution in [2.75, 3.05) is 14.2 Å². The number of hydrogen-bond acceptors (Lipinski definition) is 5. The molecule has 0 saturated carbocycles. The molecule has 0 unspecified atom stereocenters. The molecule has 2 heterocycles. The number of rotatable bonds is 6. The third-order valence-electron chi connectivity index (χ3n) is 5.36. The van der Waals surface area contributed by atoms with E-state index in [1.165, 1.54) is 0 Å². The first kappa shape index (κ1) is 21.2. The monoisotopic (exact) mass is 441 g/mol. The molecule has 2 atom stereocenters. The number of hydrogen-bond donors (Lipinski definition) is 1. The highest BCUT2D eigenvalue weighted by atomic mass is 35.5. The minimum absolute atomic E-state index is 0.133.